The van der Waals surface area contributed by atoms with Crippen LogP contribution >= 0.6 is 12.2 Å². The van der Waals surface area contributed by atoms with Crippen molar-refractivity contribution in [2.45, 2.75) is 32.7 Å². The summed E-state index contributed by atoms with van der Waals surface area (Å²) in [5, 5.41) is 0. The number of carbonyl (C=O) groups is 1. The fraction of sp³-hybridized carbons (Fsp3) is 0.529. The van der Waals surface area contributed by atoms with E-state index in [4.69, 9.17) is 22.7 Å². The van der Waals surface area contributed by atoms with Crippen molar-refractivity contribution in [2.24, 2.45) is 11.7 Å². The normalized spacial score (nSPS) is 16.4. The number of piperidine rings is 1. The average Bonchev–Trinajstić information content (AvgIpc) is 2.48. The van der Waals surface area contributed by atoms with Crippen LogP contribution in [0.1, 0.15) is 30.9 Å². The molecule has 1 saturated heterocycles. The van der Waals surface area contributed by atoms with E-state index in [1.807, 2.05) is 13.0 Å². The van der Waals surface area contributed by atoms with Gasteiger partial charge in [-0.25, -0.2) is 0 Å². The lowest BCUT2D eigenvalue weighted by Crippen LogP contribution is -2.36. The van der Waals surface area contributed by atoms with Gasteiger partial charge in [-0.05, 0) is 44.0 Å². The van der Waals surface area contributed by atoms with Gasteiger partial charge in [0.15, 0.2) is 0 Å². The third kappa shape index (κ3) is 5.07. The van der Waals surface area contributed by atoms with Crippen molar-refractivity contribution in [2.75, 3.05) is 19.7 Å². The minimum atomic E-state index is -0.0411. The molecule has 0 spiro atoms. The lowest BCUT2D eigenvalue weighted by atomic mass is 9.96. The Morgan fingerprint density at radius 2 is 2.05 bits per heavy atom. The monoisotopic (exact) mass is 320 g/mol. The number of rotatable bonds is 6. The Balaban J connectivity index is 1.85. The third-order valence-corrected chi connectivity index (χ3v) is 4.13. The number of nitrogens with two attached hydrogens (primary N) is 1. The minimum absolute atomic E-state index is 0.0411. The molecule has 0 amide bonds. The SMILES string of the molecule is CCOC(=O)C1CCN(Cc2cccc(CC(N)=S)c2)CC1. The summed E-state index contributed by atoms with van der Waals surface area (Å²) in [6.07, 6.45) is 2.41. The first-order valence-corrected chi connectivity index (χ1v) is 8.24. The summed E-state index contributed by atoms with van der Waals surface area (Å²) in [6.45, 7) is 5.09. The van der Waals surface area contributed by atoms with Gasteiger partial charge in [-0.1, -0.05) is 36.5 Å². The molecule has 0 unspecified atom stereocenters. The van der Waals surface area contributed by atoms with Crippen LogP contribution in [-0.2, 0) is 22.5 Å². The molecule has 5 heteroatoms. The predicted octanol–water partition coefficient (Wildman–Crippen LogP) is 2.29. The van der Waals surface area contributed by atoms with Crippen molar-refractivity contribution in [3.05, 3.63) is 35.4 Å². The molecule has 1 aliphatic rings. The van der Waals surface area contributed by atoms with Crippen LogP contribution in [0.5, 0.6) is 0 Å². The maximum absolute atomic E-state index is 11.7. The highest BCUT2D eigenvalue weighted by atomic mass is 32.1. The van der Waals surface area contributed by atoms with Gasteiger partial charge in [-0.15, -0.1) is 0 Å². The molecule has 0 atom stereocenters. The first-order valence-electron chi connectivity index (χ1n) is 7.83. The number of likely N-dealkylation sites (tertiary alicyclic amines) is 1. The summed E-state index contributed by atoms with van der Waals surface area (Å²) in [6, 6.07) is 8.39. The topological polar surface area (TPSA) is 55.6 Å². The van der Waals surface area contributed by atoms with Crippen LogP contribution < -0.4 is 5.73 Å². The van der Waals surface area contributed by atoms with E-state index in [2.05, 4.69) is 23.1 Å². The Bertz CT molecular complexity index is 525. The molecule has 0 aliphatic carbocycles. The number of hydrogen-bond acceptors (Lipinski definition) is 4. The summed E-state index contributed by atoms with van der Waals surface area (Å²) in [5.41, 5.74) is 8.03. The smallest absolute Gasteiger partial charge is 0.309 e. The van der Waals surface area contributed by atoms with Crippen LogP contribution in [0, 0.1) is 5.92 Å². The van der Waals surface area contributed by atoms with Gasteiger partial charge >= 0.3 is 5.97 Å². The van der Waals surface area contributed by atoms with E-state index in [-0.39, 0.29) is 11.9 Å². The van der Waals surface area contributed by atoms with Gasteiger partial charge in [0.25, 0.3) is 0 Å². The molecule has 4 nitrogen and oxygen atoms in total. The standard InChI is InChI=1S/C17H24N2O2S/c1-2-21-17(20)15-6-8-19(9-7-15)12-14-5-3-4-13(10-14)11-16(18)22/h3-5,10,15H,2,6-9,11-12H2,1H3,(H2,18,22). The van der Waals surface area contributed by atoms with Gasteiger partial charge in [-0.2, -0.15) is 0 Å². The van der Waals surface area contributed by atoms with Crippen molar-refractivity contribution in [3.63, 3.8) is 0 Å². The van der Waals surface area contributed by atoms with Gasteiger partial charge < -0.3 is 10.5 Å². The summed E-state index contributed by atoms with van der Waals surface area (Å²) in [4.78, 5) is 14.7. The maximum atomic E-state index is 11.7. The first kappa shape index (κ1) is 16.9. The summed E-state index contributed by atoms with van der Waals surface area (Å²) >= 11 is 4.96. The Hall–Kier alpha value is -1.46. The predicted molar refractivity (Wildman–Crippen MR) is 91.6 cm³/mol. The van der Waals surface area contributed by atoms with E-state index >= 15 is 0 Å². The molecular formula is C17H24N2O2S. The second-order valence-electron chi connectivity index (χ2n) is 5.77. The minimum Gasteiger partial charge on any atom is -0.466 e. The molecular weight excluding hydrogens is 296 g/mol. The summed E-state index contributed by atoms with van der Waals surface area (Å²) < 4.78 is 5.11. The molecule has 2 N–H and O–H groups in total. The van der Waals surface area contributed by atoms with Crippen LogP contribution in [0.25, 0.3) is 0 Å². The van der Waals surface area contributed by atoms with Crippen molar-refractivity contribution in [1.29, 1.82) is 0 Å². The number of thiocarbonyl (C=S) groups is 1. The summed E-state index contributed by atoms with van der Waals surface area (Å²) in [7, 11) is 0. The molecule has 1 aromatic rings. The van der Waals surface area contributed by atoms with Crippen LogP contribution in [0.15, 0.2) is 24.3 Å². The van der Waals surface area contributed by atoms with E-state index in [1.165, 1.54) is 5.56 Å². The van der Waals surface area contributed by atoms with E-state index < -0.39 is 0 Å². The summed E-state index contributed by atoms with van der Waals surface area (Å²) in [5.74, 6) is 0.0257. The highest BCUT2D eigenvalue weighted by Gasteiger charge is 2.25. The Morgan fingerprint density at radius 1 is 1.36 bits per heavy atom. The molecule has 0 radical (unpaired) electrons. The van der Waals surface area contributed by atoms with Crippen molar-refractivity contribution in [1.82, 2.24) is 4.90 Å². The van der Waals surface area contributed by atoms with Gasteiger partial charge in [-0.3, -0.25) is 9.69 Å². The number of benzene rings is 1. The molecule has 2 rings (SSSR count). The first-order chi connectivity index (χ1) is 10.6. The Labute approximate surface area is 137 Å². The quantitative estimate of drug-likeness (QED) is 0.644. The van der Waals surface area contributed by atoms with Gasteiger partial charge in [0.05, 0.1) is 17.5 Å². The second kappa shape index (κ2) is 8.25. The van der Waals surface area contributed by atoms with Crippen LogP contribution in [0.4, 0.5) is 0 Å². The number of hydrogen-bond donors (Lipinski definition) is 1. The maximum Gasteiger partial charge on any atom is 0.309 e. The molecule has 1 fully saturated rings. The zero-order valence-corrected chi connectivity index (χ0v) is 13.9. The highest BCUT2D eigenvalue weighted by Crippen LogP contribution is 2.20. The van der Waals surface area contributed by atoms with Crippen molar-refractivity contribution < 1.29 is 9.53 Å². The molecule has 1 aliphatic heterocycles. The lowest BCUT2D eigenvalue weighted by molar-refractivity contribution is -0.149. The number of carbonyl (C=O) groups excluding carboxylic acids is 1. The molecule has 22 heavy (non-hydrogen) atoms. The zero-order chi connectivity index (χ0) is 15.9. The number of esters is 1. The highest BCUT2D eigenvalue weighted by molar-refractivity contribution is 7.80. The largest absolute Gasteiger partial charge is 0.466 e. The zero-order valence-electron chi connectivity index (χ0n) is 13.1. The molecule has 120 valence electrons. The number of nitrogens with zero attached hydrogens (tertiary/aromatic N) is 1. The molecule has 1 heterocycles. The van der Waals surface area contributed by atoms with Gasteiger partial charge in [0.1, 0.15) is 0 Å². The lowest BCUT2D eigenvalue weighted by Gasteiger charge is -2.30. The Morgan fingerprint density at radius 3 is 2.68 bits per heavy atom. The van der Waals surface area contributed by atoms with Crippen LogP contribution in [0.3, 0.4) is 0 Å². The van der Waals surface area contributed by atoms with E-state index in [0.29, 0.717) is 18.0 Å². The molecule has 1 aromatic carbocycles. The van der Waals surface area contributed by atoms with Gasteiger partial charge in [0.2, 0.25) is 0 Å². The third-order valence-electron chi connectivity index (χ3n) is 3.98. The average molecular weight is 320 g/mol. The van der Waals surface area contributed by atoms with Crippen molar-refractivity contribution in [3.8, 4) is 0 Å². The van der Waals surface area contributed by atoms with E-state index in [0.717, 1.165) is 38.0 Å². The van der Waals surface area contributed by atoms with Crippen LogP contribution in [-0.4, -0.2) is 35.6 Å². The Kier molecular flexibility index (Phi) is 6.34. The van der Waals surface area contributed by atoms with Crippen LogP contribution in [0.2, 0.25) is 0 Å². The molecule has 0 bridgehead atoms. The van der Waals surface area contributed by atoms with E-state index in [9.17, 15) is 4.79 Å². The number of ether oxygens (including phenoxy) is 1. The molecule has 0 saturated carbocycles. The molecule has 0 aromatic heterocycles. The second-order valence-corrected chi connectivity index (χ2v) is 6.29. The van der Waals surface area contributed by atoms with E-state index in [1.54, 1.807) is 0 Å². The van der Waals surface area contributed by atoms with Gasteiger partial charge in [0, 0.05) is 13.0 Å². The fourth-order valence-corrected chi connectivity index (χ4v) is 3.05. The van der Waals surface area contributed by atoms with Crippen molar-refractivity contribution >= 4 is 23.2 Å². The fourth-order valence-electron chi connectivity index (χ4n) is 2.88.